The molecule has 0 unspecified atom stereocenters. The highest BCUT2D eigenvalue weighted by Crippen LogP contribution is 2.17. The lowest BCUT2D eigenvalue weighted by Gasteiger charge is -2.07. The highest BCUT2D eigenvalue weighted by Gasteiger charge is 2.02. The topological polar surface area (TPSA) is 62.7 Å². The Bertz CT molecular complexity index is 733. The second kappa shape index (κ2) is 5.96. The van der Waals surface area contributed by atoms with Crippen LogP contribution in [-0.2, 0) is 0 Å². The van der Waals surface area contributed by atoms with E-state index in [0.29, 0.717) is 17.5 Å². The Hall–Kier alpha value is -3.02. The Kier molecular flexibility index (Phi) is 3.68. The molecular weight excluding hydrogens is 269 g/mol. The Labute approximate surface area is 120 Å². The van der Waals surface area contributed by atoms with Gasteiger partial charge in [0, 0.05) is 11.4 Å². The SMILES string of the molecule is Fc1cccc(Nc2cnnc(Nc3ccccc3)n2)c1. The first-order valence-corrected chi connectivity index (χ1v) is 6.34. The Morgan fingerprint density at radius 3 is 2.48 bits per heavy atom. The molecule has 0 saturated carbocycles. The lowest BCUT2D eigenvalue weighted by molar-refractivity contribution is 0.628. The van der Waals surface area contributed by atoms with Gasteiger partial charge < -0.3 is 10.6 Å². The fourth-order valence-corrected chi connectivity index (χ4v) is 1.78. The van der Waals surface area contributed by atoms with E-state index in [9.17, 15) is 4.39 Å². The maximum atomic E-state index is 13.1. The van der Waals surface area contributed by atoms with Crippen molar-refractivity contribution in [2.75, 3.05) is 10.6 Å². The fourth-order valence-electron chi connectivity index (χ4n) is 1.78. The molecule has 3 aromatic rings. The highest BCUT2D eigenvalue weighted by atomic mass is 19.1. The van der Waals surface area contributed by atoms with Crippen molar-refractivity contribution >= 4 is 23.1 Å². The number of hydrogen-bond donors (Lipinski definition) is 2. The first-order valence-electron chi connectivity index (χ1n) is 6.34. The van der Waals surface area contributed by atoms with Gasteiger partial charge in [-0.3, -0.25) is 0 Å². The smallest absolute Gasteiger partial charge is 0.249 e. The maximum absolute atomic E-state index is 13.1. The summed E-state index contributed by atoms with van der Waals surface area (Å²) in [5.74, 6) is 0.529. The number of anilines is 4. The van der Waals surface area contributed by atoms with Crippen molar-refractivity contribution in [3.63, 3.8) is 0 Å². The van der Waals surface area contributed by atoms with Gasteiger partial charge in [-0.1, -0.05) is 24.3 Å². The maximum Gasteiger partial charge on any atom is 0.249 e. The zero-order chi connectivity index (χ0) is 14.5. The fraction of sp³-hybridized carbons (Fsp3) is 0. The Morgan fingerprint density at radius 1 is 0.857 bits per heavy atom. The zero-order valence-electron chi connectivity index (χ0n) is 11.0. The predicted molar refractivity (Wildman–Crippen MR) is 79.2 cm³/mol. The summed E-state index contributed by atoms with van der Waals surface area (Å²) in [5.41, 5.74) is 1.46. The summed E-state index contributed by atoms with van der Waals surface area (Å²) in [6.45, 7) is 0. The van der Waals surface area contributed by atoms with Crippen molar-refractivity contribution in [3.8, 4) is 0 Å². The molecule has 0 aliphatic rings. The summed E-state index contributed by atoms with van der Waals surface area (Å²) in [6, 6.07) is 15.7. The van der Waals surface area contributed by atoms with Crippen LogP contribution in [0.4, 0.5) is 27.5 Å². The van der Waals surface area contributed by atoms with Gasteiger partial charge in [0.2, 0.25) is 5.95 Å². The zero-order valence-corrected chi connectivity index (χ0v) is 11.0. The number of aromatic nitrogens is 3. The average molecular weight is 281 g/mol. The van der Waals surface area contributed by atoms with Gasteiger partial charge in [-0.05, 0) is 30.3 Å². The van der Waals surface area contributed by atoms with Crippen molar-refractivity contribution in [3.05, 3.63) is 66.6 Å². The molecule has 104 valence electrons. The van der Waals surface area contributed by atoms with Crippen LogP contribution in [0.3, 0.4) is 0 Å². The molecule has 6 heteroatoms. The van der Waals surface area contributed by atoms with E-state index in [0.717, 1.165) is 5.69 Å². The standard InChI is InChI=1S/C15H12FN5/c16-11-5-4-8-13(9-11)18-14-10-17-21-15(20-14)19-12-6-2-1-3-7-12/h1-10H,(H2,18,19,20,21). The predicted octanol–water partition coefficient (Wildman–Crippen LogP) is 3.50. The van der Waals surface area contributed by atoms with Gasteiger partial charge >= 0.3 is 0 Å². The normalized spacial score (nSPS) is 10.1. The summed E-state index contributed by atoms with van der Waals surface area (Å²) in [6.07, 6.45) is 1.47. The third-order valence-corrected chi connectivity index (χ3v) is 2.69. The number of para-hydroxylation sites is 1. The molecule has 21 heavy (non-hydrogen) atoms. The van der Waals surface area contributed by atoms with Crippen LogP contribution in [0.1, 0.15) is 0 Å². The van der Waals surface area contributed by atoms with Crippen LogP contribution in [-0.4, -0.2) is 15.2 Å². The summed E-state index contributed by atoms with van der Waals surface area (Å²) < 4.78 is 13.1. The second-order valence-electron chi connectivity index (χ2n) is 4.29. The van der Waals surface area contributed by atoms with E-state index in [1.807, 2.05) is 30.3 Å². The van der Waals surface area contributed by atoms with E-state index < -0.39 is 0 Å². The summed E-state index contributed by atoms with van der Waals surface area (Å²) in [4.78, 5) is 4.27. The molecule has 0 fully saturated rings. The van der Waals surface area contributed by atoms with E-state index in [2.05, 4.69) is 25.8 Å². The van der Waals surface area contributed by atoms with Crippen LogP contribution in [0.25, 0.3) is 0 Å². The number of benzene rings is 2. The minimum absolute atomic E-state index is 0.315. The number of nitrogens with one attached hydrogen (secondary N) is 2. The molecular formula is C15H12FN5. The van der Waals surface area contributed by atoms with Crippen LogP contribution in [0.15, 0.2) is 60.8 Å². The Morgan fingerprint density at radius 2 is 1.67 bits per heavy atom. The molecule has 0 radical (unpaired) electrons. The number of nitrogens with zero attached hydrogens (tertiary/aromatic N) is 3. The monoisotopic (exact) mass is 281 g/mol. The van der Waals surface area contributed by atoms with Crippen LogP contribution >= 0.6 is 0 Å². The summed E-state index contributed by atoms with van der Waals surface area (Å²) in [7, 11) is 0. The van der Waals surface area contributed by atoms with E-state index in [4.69, 9.17) is 0 Å². The third kappa shape index (κ3) is 3.50. The van der Waals surface area contributed by atoms with Gasteiger partial charge in [-0.2, -0.15) is 10.1 Å². The number of halogens is 1. The molecule has 0 saturated heterocycles. The highest BCUT2D eigenvalue weighted by molar-refractivity contribution is 5.58. The lowest BCUT2D eigenvalue weighted by Crippen LogP contribution is -2.02. The molecule has 2 N–H and O–H groups in total. The summed E-state index contributed by atoms with van der Waals surface area (Å²) >= 11 is 0. The first-order chi connectivity index (χ1) is 10.3. The number of rotatable bonds is 4. The van der Waals surface area contributed by atoms with Crippen LogP contribution in [0, 0.1) is 5.82 Å². The molecule has 0 bridgehead atoms. The molecule has 0 spiro atoms. The second-order valence-corrected chi connectivity index (χ2v) is 4.29. The van der Waals surface area contributed by atoms with E-state index in [-0.39, 0.29) is 5.82 Å². The van der Waals surface area contributed by atoms with Gasteiger partial charge in [0.05, 0.1) is 6.20 Å². The van der Waals surface area contributed by atoms with Crippen molar-refractivity contribution in [1.29, 1.82) is 0 Å². The molecule has 5 nitrogen and oxygen atoms in total. The number of hydrogen-bond acceptors (Lipinski definition) is 5. The van der Waals surface area contributed by atoms with Crippen molar-refractivity contribution in [1.82, 2.24) is 15.2 Å². The van der Waals surface area contributed by atoms with Crippen molar-refractivity contribution < 1.29 is 4.39 Å². The van der Waals surface area contributed by atoms with Crippen LogP contribution in [0.5, 0.6) is 0 Å². The third-order valence-electron chi connectivity index (χ3n) is 2.69. The van der Waals surface area contributed by atoms with Crippen LogP contribution in [0.2, 0.25) is 0 Å². The van der Waals surface area contributed by atoms with Crippen LogP contribution < -0.4 is 10.6 Å². The molecule has 0 aliphatic heterocycles. The van der Waals surface area contributed by atoms with Gasteiger partial charge in [0.15, 0.2) is 5.82 Å². The minimum atomic E-state index is -0.315. The lowest BCUT2D eigenvalue weighted by atomic mass is 10.3. The molecule has 0 aliphatic carbocycles. The van der Waals surface area contributed by atoms with E-state index in [1.165, 1.54) is 18.3 Å². The molecule has 3 rings (SSSR count). The van der Waals surface area contributed by atoms with Gasteiger partial charge in [-0.15, -0.1) is 5.10 Å². The molecule has 0 atom stereocenters. The largest absolute Gasteiger partial charge is 0.339 e. The molecule has 1 aromatic heterocycles. The molecule has 0 amide bonds. The first kappa shape index (κ1) is 13.0. The quantitative estimate of drug-likeness (QED) is 0.766. The van der Waals surface area contributed by atoms with Crippen molar-refractivity contribution in [2.45, 2.75) is 0 Å². The molecule has 2 aromatic carbocycles. The average Bonchev–Trinajstić information content (AvgIpc) is 2.49. The van der Waals surface area contributed by atoms with Gasteiger partial charge in [0.25, 0.3) is 0 Å². The molecule has 1 heterocycles. The van der Waals surface area contributed by atoms with Crippen molar-refractivity contribution in [2.24, 2.45) is 0 Å². The minimum Gasteiger partial charge on any atom is -0.339 e. The van der Waals surface area contributed by atoms with E-state index >= 15 is 0 Å². The summed E-state index contributed by atoms with van der Waals surface area (Å²) in [5, 5.41) is 13.8. The van der Waals surface area contributed by atoms with E-state index in [1.54, 1.807) is 12.1 Å². The van der Waals surface area contributed by atoms with Gasteiger partial charge in [-0.25, -0.2) is 4.39 Å². The van der Waals surface area contributed by atoms with Gasteiger partial charge in [0.1, 0.15) is 5.82 Å². The Balaban J connectivity index is 1.77.